The lowest BCUT2D eigenvalue weighted by atomic mass is 10.0. The van der Waals surface area contributed by atoms with Crippen LogP contribution in [0.1, 0.15) is 24.0 Å². The van der Waals surface area contributed by atoms with Gasteiger partial charge in [-0.05, 0) is 12.1 Å². The van der Waals surface area contributed by atoms with Crippen molar-refractivity contribution in [3.05, 3.63) is 53.4 Å². The Bertz CT molecular complexity index is 931. The van der Waals surface area contributed by atoms with Gasteiger partial charge in [0.15, 0.2) is 0 Å². The monoisotopic (exact) mass is 548 g/mol. The largest absolute Gasteiger partial charge is 0.491 e. The van der Waals surface area contributed by atoms with Gasteiger partial charge in [-0.3, -0.25) is 9.59 Å². The highest BCUT2D eigenvalue weighted by molar-refractivity contribution is 6.45. The van der Waals surface area contributed by atoms with Crippen LogP contribution in [0.3, 0.4) is 0 Å². The van der Waals surface area contributed by atoms with Crippen LogP contribution in [0.5, 0.6) is 11.5 Å². The molecule has 0 saturated heterocycles. The Morgan fingerprint density at radius 1 is 0.677 bits per heavy atom. The fourth-order valence-corrected chi connectivity index (χ4v) is 3.98. The molecule has 2 aromatic rings. The van der Waals surface area contributed by atoms with Crippen LogP contribution in [0.25, 0.3) is 0 Å². The van der Waals surface area contributed by atoms with Crippen molar-refractivity contribution in [3.63, 3.8) is 0 Å². The highest BCUT2D eigenvalue weighted by atomic mass is 35.5. The van der Waals surface area contributed by atoms with Crippen LogP contribution in [0, 0.1) is 0 Å². The van der Waals surface area contributed by atoms with E-state index in [2.05, 4.69) is 0 Å². The average Bonchev–Trinajstić information content (AvgIpc) is 2.67. The van der Waals surface area contributed by atoms with Crippen molar-refractivity contribution >= 4 is 81.5 Å². The van der Waals surface area contributed by atoms with Gasteiger partial charge in [-0.1, -0.05) is 69.6 Å². The molecule has 0 radical (unpaired) electrons. The van der Waals surface area contributed by atoms with Crippen LogP contribution in [-0.2, 0) is 16.0 Å². The second kappa shape index (κ2) is 11.5. The Morgan fingerprint density at radius 2 is 1.03 bits per heavy atom. The summed E-state index contributed by atoms with van der Waals surface area (Å²) in [5.41, 5.74) is 0.703. The van der Waals surface area contributed by atoms with E-state index in [0.29, 0.717) is 11.1 Å². The third-order valence-electron chi connectivity index (χ3n) is 3.93. The molecule has 2 N–H and O–H groups in total. The predicted molar refractivity (Wildman–Crippen MR) is 121 cm³/mol. The summed E-state index contributed by atoms with van der Waals surface area (Å²) in [5.74, 6) is -1.96. The molecular weight excluding hydrogens is 537 g/mol. The maximum absolute atomic E-state index is 10.8. The van der Waals surface area contributed by atoms with Crippen molar-refractivity contribution < 1.29 is 29.3 Å². The van der Waals surface area contributed by atoms with Crippen molar-refractivity contribution in [2.75, 3.05) is 13.2 Å². The van der Waals surface area contributed by atoms with Gasteiger partial charge in [0.25, 0.3) is 0 Å². The van der Waals surface area contributed by atoms with Gasteiger partial charge in [0.1, 0.15) is 21.5 Å². The molecule has 12 heteroatoms. The van der Waals surface area contributed by atoms with E-state index in [9.17, 15) is 9.59 Å². The molecule has 2 rings (SSSR count). The van der Waals surface area contributed by atoms with E-state index in [4.69, 9.17) is 89.3 Å². The maximum Gasteiger partial charge on any atom is 0.306 e. The Labute approximate surface area is 207 Å². The molecule has 0 aliphatic carbocycles. The number of benzene rings is 2. The predicted octanol–water partition coefficient (Wildman–Crippen LogP) is 6.90. The SMILES string of the molecule is O=C(O)CCOc1c(Cl)c(Cl)cc(Cl)c1Cc1c(Cl)cc(Cl)c(Cl)c1OCCC(=O)O. The molecule has 168 valence electrons. The molecule has 0 aliphatic heterocycles. The van der Waals surface area contributed by atoms with Crippen LogP contribution in [-0.4, -0.2) is 35.4 Å². The summed E-state index contributed by atoms with van der Waals surface area (Å²) >= 11 is 37.4. The molecular formula is C19H14Cl6O6. The minimum atomic E-state index is -1.06. The third kappa shape index (κ3) is 6.85. The van der Waals surface area contributed by atoms with Crippen LogP contribution in [0.15, 0.2) is 12.1 Å². The van der Waals surface area contributed by atoms with Crippen LogP contribution in [0.4, 0.5) is 0 Å². The van der Waals surface area contributed by atoms with Gasteiger partial charge < -0.3 is 19.7 Å². The lowest BCUT2D eigenvalue weighted by molar-refractivity contribution is -0.138. The van der Waals surface area contributed by atoms with Crippen molar-refractivity contribution in [3.8, 4) is 11.5 Å². The number of halogens is 6. The number of carbonyl (C=O) groups is 2. The minimum Gasteiger partial charge on any atom is -0.491 e. The summed E-state index contributed by atoms with van der Waals surface area (Å²) in [6.07, 6.45) is -0.565. The van der Waals surface area contributed by atoms with E-state index in [0.717, 1.165) is 0 Å². The quantitative estimate of drug-likeness (QED) is 0.312. The van der Waals surface area contributed by atoms with Crippen molar-refractivity contribution in [1.82, 2.24) is 0 Å². The lowest BCUT2D eigenvalue weighted by Crippen LogP contribution is -2.09. The fraction of sp³-hybridized carbons (Fsp3) is 0.263. The minimum absolute atomic E-state index is 0.00372. The zero-order chi connectivity index (χ0) is 23.3. The normalized spacial score (nSPS) is 10.8. The molecule has 0 atom stereocenters. The fourth-order valence-electron chi connectivity index (χ4n) is 2.51. The van der Waals surface area contributed by atoms with E-state index in [-0.39, 0.29) is 74.1 Å². The molecule has 0 heterocycles. The molecule has 0 saturated carbocycles. The molecule has 0 unspecified atom stereocenters. The van der Waals surface area contributed by atoms with Crippen LogP contribution in [0.2, 0.25) is 30.1 Å². The van der Waals surface area contributed by atoms with Crippen molar-refractivity contribution in [1.29, 1.82) is 0 Å². The first kappa shape index (κ1) is 26.0. The van der Waals surface area contributed by atoms with Gasteiger partial charge in [-0.25, -0.2) is 0 Å². The molecule has 31 heavy (non-hydrogen) atoms. The Hall–Kier alpha value is -1.28. The first-order valence-electron chi connectivity index (χ1n) is 8.54. The van der Waals surface area contributed by atoms with Crippen LogP contribution < -0.4 is 9.47 Å². The van der Waals surface area contributed by atoms with Crippen LogP contribution >= 0.6 is 69.6 Å². The van der Waals surface area contributed by atoms with Crippen molar-refractivity contribution in [2.45, 2.75) is 19.3 Å². The van der Waals surface area contributed by atoms with E-state index < -0.39 is 11.9 Å². The van der Waals surface area contributed by atoms with E-state index in [1.807, 2.05) is 0 Å². The number of hydrogen-bond acceptors (Lipinski definition) is 4. The highest BCUT2D eigenvalue weighted by Gasteiger charge is 2.23. The molecule has 0 amide bonds. The first-order valence-corrected chi connectivity index (χ1v) is 10.8. The Kier molecular flexibility index (Phi) is 9.67. The number of carboxylic acid groups (broad SMARTS) is 2. The average molecular weight is 551 g/mol. The Morgan fingerprint density at radius 3 is 1.35 bits per heavy atom. The highest BCUT2D eigenvalue weighted by Crippen LogP contribution is 2.45. The zero-order valence-corrected chi connectivity index (χ0v) is 20.0. The third-order valence-corrected chi connectivity index (χ3v) is 6.14. The molecule has 6 nitrogen and oxygen atoms in total. The number of aliphatic carboxylic acids is 2. The zero-order valence-electron chi connectivity index (χ0n) is 15.5. The molecule has 0 bridgehead atoms. The van der Waals surface area contributed by atoms with Gasteiger partial charge >= 0.3 is 11.9 Å². The smallest absolute Gasteiger partial charge is 0.306 e. The second-order valence-corrected chi connectivity index (χ2v) is 8.47. The number of ether oxygens (including phenoxy) is 2. The molecule has 0 aliphatic rings. The van der Waals surface area contributed by atoms with Gasteiger partial charge in [-0.15, -0.1) is 0 Å². The van der Waals surface area contributed by atoms with E-state index >= 15 is 0 Å². The summed E-state index contributed by atoms with van der Waals surface area (Å²) in [5, 5.41) is 18.4. The van der Waals surface area contributed by atoms with Crippen molar-refractivity contribution in [2.24, 2.45) is 0 Å². The summed E-state index contributed by atoms with van der Waals surface area (Å²) in [6, 6.07) is 2.81. The molecule has 2 aromatic carbocycles. The van der Waals surface area contributed by atoms with Gasteiger partial charge in [0, 0.05) is 27.6 Å². The number of rotatable bonds is 10. The summed E-state index contributed by atoms with van der Waals surface area (Å²) < 4.78 is 11.1. The summed E-state index contributed by atoms with van der Waals surface area (Å²) in [4.78, 5) is 21.6. The Balaban J connectivity index is 2.52. The number of carboxylic acids is 2. The molecule has 0 spiro atoms. The van der Waals surface area contributed by atoms with Gasteiger partial charge in [0.2, 0.25) is 0 Å². The molecule has 0 aromatic heterocycles. The summed E-state index contributed by atoms with van der Waals surface area (Å²) in [7, 11) is 0. The van der Waals surface area contributed by atoms with Gasteiger partial charge in [-0.2, -0.15) is 0 Å². The van der Waals surface area contributed by atoms with E-state index in [1.165, 1.54) is 12.1 Å². The lowest BCUT2D eigenvalue weighted by Gasteiger charge is -2.19. The standard InChI is InChI=1S/C19H14Cl6O6/c20-10-6-12(22)16(24)18(30-3-1-14(26)27)8(10)5-9-11(21)7-13(23)17(25)19(9)31-4-2-15(28)29/h6-7H,1-5H2,(H,26,27)(H,28,29). The second-order valence-electron chi connectivity index (χ2n) is 6.08. The van der Waals surface area contributed by atoms with E-state index in [1.54, 1.807) is 0 Å². The maximum atomic E-state index is 10.8. The summed E-state index contributed by atoms with van der Waals surface area (Å²) in [6.45, 7) is -0.369. The first-order chi connectivity index (χ1) is 14.5. The topological polar surface area (TPSA) is 93.1 Å². The van der Waals surface area contributed by atoms with Gasteiger partial charge in [0.05, 0.1) is 36.1 Å². The number of hydrogen-bond donors (Lipinski definition) is 2. The molecule has 0 fully saturated rings.